The van der Waals surface area contributed by atoms with Gasteiger partial charge in [-0.3, -0.25) is 4.79 Å². The van der Waals surface area contributed by atoms with E-state index in [0.717, 1.165) is 0 Å². The van der Waals surface area contributed by atoms with Gasteiger partial charge >= 0.3 is 6.18 Å². The summed E-state index contributed by atoms with van der Waals surface area (Å²) < 4.78 is 63.9. The van der Waals surface area contributed by atoms with Crippen LogP contribution in [0.2, 0.25) is 5.02 Å². The first-order valence-corrected chi connectivity index (χ1v) is 11.4. The molecule has 37 heavy (non-hydrogen) atoms. The predicted molar refractivity (Wildman–Crippen MR) is 130 cm³/mol. The van der Waals surface area contributed by atoms with Crippen LogP contribution >= 0.6 is 11.6 Å². The molecule has 0 radical (unpaired) electrons. The fourth-order valence-corrected chi connectivity index (χ4v) is 4.39. The van der Waals surface area contributed by atoms with Gasteiger partial charge < -0.3 is 29.6 Å². The number of hydrogen-bond donors (Lipinski definition) is 2. The van der Waals surface area contributed by atoms with Crippen molar-refractivity contribution in [1.29, 1.82) is 0 Å². The normalized spacial score (nSPS) is 16.9. The van der Waals surface area contributed by atoms with Crippen molar-refractivity contribution in [2.24, 2.45) is 0 Å². The SMILES string of the molecule is COc1ccc(NC(=O)c2nn3c(c2Cl)N[C@@H](c2ccc(OC)c(OC)c2)C[C@@H]3C(F)(F)F)cc1OC. The molecule has 1 aliphatic heterocycles. The Morgan fingerprint density at radius 2 is 1.59 bits per heavy atom. The second-order valence-electron chi connectivity index (χ2n) is 8.08. The first kappa shape index (κ1) is 26.3. The van der Waals surface area contributed by atoms with E-state index in [2.05, 4.69) is 15.7 Å². The van der Waals surface area contributed by atoms with Crippen molar-refractivity contribution in [3.63, 3.8) is 0 Å². The van der Waals surface area contributed by atoms with Crippen LogP contribution in [0.15, 0.2) is 36.4 Å². The van der Waals surface area contributed by atoms with Gasteiger partial charge in [0.2, 0.25) is 0 Å². The summed E-state index contributed by atoms with van der Waals surface area (Å²) in [6, 6.07) is 6.64. The van der Waals surface area contributed by atoms with Gasteiger partial charge in [0.25, 0.3) is 5.91 Å². The molecule has 0 saturated carbocycles. The minimum atomic E-state index is -4.65. The van der Waals surface area contributed by atoms with E-state index in [1.54, 1.807) is 30.3 Å². The van der Waals surface area contributed by atoms with Crippen LogP contribution in [0.4, 0.5) is 24.7 Å². The van der Waals surface area contributed by atoms with Crippen molar-refractivity contribution in [2.45, 2.75) is 24.7 Å². The Bertz CT molecular complexity index is 1310. The van der Waals surface area contributed by atoms with Gasteiger partial charge in [-0.05, 0) is 29.8 Å². The molecule has 2 atom stereocenters. The number of benzene rings is 2. The largest absolute Gasteiger partial charge is 0.493 e. The molecule has 198 valence electrons. The number of carbonyl (C=O) groups is 1. The highest BCUT2D eigenvalue weighted by Crippen LogP contribution is 2.47. The number of amides is 1. The van der Waals surface area contributed by atoms with E-state index in [1.165, 1.54) is 34.5 Å². The van der Waals surface area contributed by atoms with Crippen LogP contribution in [0.25, 0.3) is 0 Å². The van der Waals surface area contributed by atoms with Crippen molar-refractivity contribution in [3.05, 3.63) is 52.7 Å². The van der Waals surface area contributed by atoms with Crippen LogP contribution in [0.1, 0.15) is 34.6 Å². The third kappa shape index (κ3) is 5.06. The van der Waals surface area contributed by atoms with Crippen LogP contribution in [0.3, 0.4) is 0 Å². The van der Waals surface area contributed by atoms with Crippen LogP contribution in [-0.4, -0.2) is 50.3 Å². The Morgan fingerprint density at radius 1 is 1.00 bits per heavy atom. The molecule has 2 heterocycles. The fourth-order valence-electron chi connectivity index (χ4n) is 4.13. The van der Waals surface area contributed by atoms with Crippen molar-refractivity contribution in [2.75, 3.05) is 39.1 Å². The smallest absolute Gasteiger partial charge is 0.410 e. The number of fused-ring (bicyclic) bond motifs is 1. The minimum Gasteiger partial charge on any atom is -0.493 e. The lowest BCUT2D eigenvalue weighted by atomic mass is 9.96. The average Bonchev–Trinajstić information content (AvgIpc) is 3.23. The maximum atomic E-state index is 14.1. The monoisotopic (exact) mass is 540 g/mol. The summed E-state index contributed by atoms with van der Waals surface area (Å²) in [5.41, 5.74) is 0.473. The number of carbonyl (C=O) groups excluding carboxylic acids is 1. The number of rotatable bonds is 7. The molecule has 0 spiro atoms. The molecule has 0 bridgehead atoms. The third-order valence-corrected chi connectivity index (χ3v) is 6.32. The highest BCUT2D eigenvalue weighted by Gasteiger charge is 2.48. The Balaban J connectivity index is 1.68. The van der Waals surface area contributed by atoms with Gasteiger partial charge in [0.1, 0.15) is 10.8 Å². The molecule has 0 fully saturated rings. The molecule has 13 heteroatoms. The van der Waals surface area contributed by atoms with Crippen LogP contribution < -0.4 is 29.6 Å². The Morgan fingerprint density at radius 3 is 2.19 bits per heavy atom. The predicted octanol–water partition coefficient (Wildman–Crippen LogP) is 5.48. The van der Waals surface area contributed by atoms with Crippen molar-refractivity contribution < 1.29 is 36.9 Å². The van der Waals surface area contributed by atoms with Gasteiger partial charge in [0, 0.05) is 18.2 Å². The molecule has 0 saturated heterocycles. The summed E-state index contributed by atoms with van der Waals surface area (Å²) >= 11 is 6.42. The molecular formula is C24H24ClF3N4O5. The van der Waals surface area contributed by atoms with E-state index in [0.29, 0.717) is 38.9 Å². The first-order valence-electron chi connectivity index (χ1n) is 11.0. The maximum absolute atomic E-state index is 14.1. The molecule has 1 aliphatic rings. The number of aromatic nitrogens is 2. The summed E-state index contributed by atoms with van der Waals surface area (Å²) in [5, 5.41) is 9.30. The van der Waals surface area contributed by atoms with E-state index in [9.17, 15) is 18.0 Å². The van der Waals surface area contributed by atoms with Gasteiger partial charge in [-0.15, -0.1) is 0 Å². The number of methoxy groups -OCH3 is 4. The van der Waals surface area contributed by atoms with Gasteiger partial charge in [-0.1, -0.05) is 17.7 Å². The number of nitrogens with one attached hydrogen (secondary N) is 2. The molecule has 9 nitrogen and oxygen atoms in total. The third-order valence-electron chi connectivity index (χ3n) is 5.96. The number of halogens is 4. The van der Waals surface area contributed by atoms with E-state index in [-0.39, 0.29) is 23.0 Å². The zero-order valence-corrected chi connectivity index (χ0v) is 21.0. The highest BCUT2D eigenvalue weighted by atomic mass is 35.5. The van der Waals surface area contributed by atoms with E-state index >= 15 is 0 Å². The number of ether oxygens (including phenoxy) is 4. The second kappa shape index (κ2) is 10.3. The highest BCUT2D eigenvalue weighted by molar-refractivity contribution is 6.36. The molecule has 2 aromatic carbocycles. The molecule has 4 rings (SSSR count). The lowest BCUT2D eigenvalue weighted by molar-refractivity contribution is -0.173. The van der Waals surface area contributed by atoms with Crippen molar-refractivity contribution >= 4 is 29.0 Å². The van der Waals surface area contributed by atoms with E-state index in [4.69, 9.17) is 30.5 Å². The summed E-state index contributed by atoms with van der Waals surface area (Å²) in [5.74, 6) is 0.690. The van der Waals surface area contributed by atoms with Gasteiger partial charge in [0.15, 0.2) is 34.7 Å². The fraction of sp³-hybridized carbons (Fsp3) is 0.333. The van der Waals surface area contributed by atoms with Gasteiger partial charge in [0.05, 0.1) is 34.5 Å². The number of nitrogens with zero attached hydrogens (tertiary/aromatic N) is 2. The van der Waals surface area contributed by atoms with Gasteiger partial charge in [-0.25, -0.2) is 4.68 Å². The topological polar surface area (TPSA) is 95.9 Å². The maximum Gasteiger partial charge on any atom is 0.410 e. The molecule has 1 aromatic heterocycles. The minimum absolute atomic E-state index is 0.118. The Kier molecular flexibility index (Phi) is 7.30. The second-order valence-corrected chi connectivity index (χ2v) is 8.46. The number of hydrogen-bond acceptors (Lipinski definition) is 7. The van der Waals surface area contributed by atoms with Crippen molar-refractivity contribution in [3.8, 4) is 23.0 Å². The number of alkyl halides is 3. The zero-order chi connectivity index (χ0) is 26.9. The molecular weight excluding hydrogens is 517 g/mol. The standard InChI is InChI=1S/C24H24ClF3N4O5/c1-34-15-7-5-12(9-17(15)36-3)14-11-19(24(26,27)28)32-22(30-14)20(25)21(31-32)23(33)29-13-6-8-16(35-2)18(10-13)37-4/h5-10,14,19,30H,11H2,1-4H3,(H,29,33)/t14-,19-/m1/s1. The lowest BCUT2D eigenvalue weighted by Crippen LogP contribution is -2.35. The summed E-state index contributed by atoms with van der Waals surface area (Å²) in [6.45, 7) is 0. The van der Waals surface area contributed by atoms with Crippen LogP contribution in [0, 0.1) is 0 Å². The molecule has 0 unspecified atom stereocenters. The molecule has 1 amide bonds. The molecule has 0 aliphatic carbocycles. The quantitative estimate of drug-likeness (QED) is 0.409. The average molecular weight is 541 g/mol. The van der Waals surface area contributed by atoms with Gasteiger partial charge in [-0.2, -0.15) is 18.3 Å². The lowest BCUT2D eigenvalue weighted by Gasteiger charge is -2.33. The van der Waals surface area contributed by atoms with E-state index in [1.807, 2.05) is 0 Å². The summed E-state index contributed by atoms with van der Waals surface area (Å²) in [6.07, 6.45) is -5.04. The van der Waals surface area contributed by atoms with Crippen molar-refractivity contribution in [1.82, 2.24) is 9.78 Å². The summed E-state index contributed by atoms with van der Waals surface area (Å²) in [4.78, 5) is 13.0. The zero-order valence-electron chi connectivity index (χ0n) is 20.3. The van der Waals surface area contributed by atoms with E-state index < -0.39 is 24.2 Å². The molecule has 2 N–H and O–H groups in total. The Labute approximate surface area is 215 Å². The number of anilines is 2. The van der Waals surface area contributed by atoms with Crippen LogP contribution in [0.5, 0.6) is 23.0 Å². The Hall–Kier alpha value is -3.80. The first-order chi connectivity index (χ1) is 17.6. The van der Waals surface area contributed by atoms with Crippen LogP contribution in [-0.2, 0) is 0 Å². The molecule has 3 aromatic rings. The summed E-state index contributed by atoms with van der Waals surface area (Å²) in [7, 11) is 5.79.